The number of alkyl carbamates (subject to hydrolysis) is 2. The Labute approximate surface area is 248 Å². The van der Waals surface area contributed by atoms with Crippen molar-refractivity contribution in [2.75, 3.05) is 32.8 Å². The van der Waals surface area contributed by atoms with Gasteiger partial charge in [-0.05, 0) is 65.2 Å². The third-order valence-electron chi connectivity index (χ3n) is 7.23. The first-order chi connectivity index (χ1) is 18.8. The van der Waals surface area contributed by atoms with Gasteiger partial charge in [-0.2, -0.15) is 0 Å². The van der Waals surface area contributed by atoms with Crippen LogP contribution in [0.25, 0.3) is 0 Å². The molecule has 1 aromatic carbocycles. The first kappa shape index (κ1) is 32.3. The number of nitrogens with zero attached hydrogens (tertiary/aromatic N) is 2. The van der Waals surface area contributed by atoms with Gasteiger partial charge in [-0.3, -0.25) is 9.69 Å². The van der Waals surface area contributed by atoms with E-state index in [0.29, 0.717) is 54.4 Å². The van der Waals surface area contributed by atoms with Gasteiger partial charge in [-0.15, -0.1) is 0 Å². The van der Waals surface area contributed by atoms with E-state index in [4.69, 9.17) is 32.7 Å². The van der Waals surface area contributed by atoms with Gasteiger partial charge in [-0.1, -0.05) is 42.1 Å². The number of amides is 3. The second kappa shape index (κ2) is 14.6. The number of carbonyl (C=O) groups is 3. The summed E-state index contributed by atoms with van der Waals surface area (Å²) < 4.78 is 11.0. The summed E-state index contributed by atoms with van der Waals surface area (Å²) in [7, 11) is 0. The van der Waals surface area contributed by atoms with Gasteiger partial charge >= 0.3 is 12.2 Å². The Hall–Kier alpha value is -2.23. The summed E-state index contributed by atoms with van der Waals surface area (Å²) in [6.07, 6.45) is 3.52. The van der Waals surface area contributed by atoms with Crippen LogP contribution in [-0.2, 0) is 20.7 Å². The van der Waals surface area contributed by atoms with Crippen LogP contribution >= 0.6 is 23.2 Å². The third-order valence-corrected chi connectivity index (χ3v) is 7.81. The number of benzene rings is 1. The maximum absolute atomic E-state index is 13.7. The molecule has 1 aliphatic heterocycles. The van der Waals surface area contributed by atoms with Crippen molar-refractivity contribution >= 4 is 41.3 Å². The Morgan fingerprint density at radius 2 is 1.68 bits per heavy atom. The molecule has 11 heteroatoms. The summed E-state index contributed by atoms with van der Waals surface area (Å²) in [5.41, 5.74) is 0.0161. The number of halogens is 2. The monoisotopic (exact) mass is 598 g/mol. The summed E-state index contributed by atoms with van der Waals surface area (Å²) in [4.78, 5) is 42.6. The molecule has 0 radical (unpaired) electrons. The SMILES string of the molecule is CC(C)NC(=O)OC[C@@H]1CCCC[C@H]1N1CCN(C(=O)C(Cc2ccc(Cl)cc2Cl)NC(=O)OC(C)(C)C)CC1. The van der Waals surface area contributed by atoms with Crippen LogP contribution in [0, 0.1) is 5.92 Å². The van der Waals surface area contributed by atoms with Crippen molar-refractivity contribution in [1.82, 2.24) is 20.4 Å². The van der Waals surface area contributed by atoms with Crippen LogP contribution < -0.4 is 10.6 Å². The number of piperazine rings is 1. The molecule has 0 bridgehead atoms. The van der Waals surface area contributed by atoms with Crippen LogP contribution in [0.1, 0.15) is 65.9 Å². The second-order valence-electron chi connectivity index (χ2n) is 12.0. The average molecular weight is 600 g/mol. The molecule has 3 atom stereocenters. The largest absolute Gasteiger partial charge is 0.449 e. The van der Waals surface area contributed by atoms with Gasteiger partial charge in [0.1, 0.15) is 11.6 Å². The van der Waals surface area contributed by atoms with Gasteiger partial charge < -0.3 is 25.0 Å². The Kier molecular flexibility index (Phi) is 11.8. The fourth-order valence-electron chi connectivity index (χ4n) is 5.37. The summed E-state index contributed by atoms with van der Waals surface area (Å²) in [6, 6.07) is 4.62. The first-order valence-corrected chi connectivity index (χ1v) is 15.0. The minimum absolute atomic E-state index is 0.0321. The zero-order valence-electron chi connectivity index (χ0n) is 24.3. The Morgan fingerprint density at radius 3 is 2.30 bits per heavy atom. The van der Waals surface area contributed by atoms with E-state index in [9.17, 15) is 14.4 Å². The van der Waals surface area contributed by atoms with Crippen molar-refractivity contribution in [1.29, 1.82) is 0 Å². The van der Waals surface area contributed by atoms with E-state index in [1.807, 2.05) is 13.8 Å². The summed E-state index contributed by atoms with van der Waals surface area (Å²) >= 11 is 12.5. The highest BCUT2D eigenvalue weighted by Crippen LogP contribution is 2.30. The topological polar surface area (TPSA) is 100 Å². The molecule has 0 aromatic heterocycles. The van der Waals surface area contributed by atoms with Crippen molar-refractivity contribution in [3.63, 3.8) is 0 Å². The average Bonchev–Trinajstić information content (AvgIpc) is 2.87. The molecule has 9 nitrogen and oxygen atoms in total. The minimum atomic E-state index is -0.838. The highest BCUT2D eigenvalue weighted by atomic mass is 35.5. The highest BCUT2D eigenvalue weighted by Gasteiger charge is 2.36. The lowest BCUT2D eigenvalue weighted by atomic mass is 9.83. The quantitative estimate of drug-likeness (QED) is 0.423. The second-order valence-corrected chi connectivity index (χ2v) is 12.9. The lowest BCUT2D eigenvalue weighted by Gasteiger charge is -2.44. The van der Waals surface area contributed by atoms with Crippen molar-refractivity contribution in [3.05, 3.63) is 33.8 Å². The van der Waals surface area contributed by atoms with Crippen molar-refractivity contribution in [2.45, 2.75) is 90.4 Å². The molecular formula is C29H44Cl2N4O5. The zero-order valence-corrected chi connectivity index (χ0v) is 25.8. The molecule has 1 aliphatic carbocycles. The van der Waals surface area contributed by atoms with Crippen molar-refractivity contribution in [3.8, 4) is 0 Å². The van der Waals surface area contributed by atoms with E-state index in [0.717, 1.165) is 25.7 Å². The summed E-state index contributed by atoms with van der Waals surface area (Å²) in [6.45, 7) is 12.0. The molecule has 224 valence electrons. The molecule has 3 amide bonds. The van der Waals surface area contributed by atoms with Crippen LogP contribution in [0.15, 0.2) is 18.2 Å². The normalized spacial score (nSPS) is 21.1. The standard InChI is InChI=1S/C29H44Cl2N4O5/c1-19(2)32-27(37)39-18-21-8-6-7-9-25(21)34-12-14-35(15-13-34)26(36)24(33-28(38)40-29(3,4)5)16-20-10-11-22(30)17-23(20)31/h10-11,17,19,21,24-25H,6-9,12-16,18H2,1-5H3,(H,32,37)(H,33,38)/t21-,24?,25+/m0/s1. The summed E-state index contributed by atoms with van der Waals surface area (Å²) in [5, 5.41) is 6.49. The molecule has 0 spiro atoms. The fourth-order valence-corrected chi connectivity index (χ4v) is 5.86. The number of hydrogen-bond acceptors (Lipinski definition) is 6. The van der Waals surface area contributed by atoms with Gasteiger partial charge in [0.25, 0.3) is 0 Å². The van der Waals surface area contributed by atoms with Crippen LogP contribution in [0.4, 0.5) is 9.59 Å². The van der Waals surface area contributed by atoms with Gasteiger partial charge in [0.15, 0.2) is 0 Å². The molecule has 1 unspecified atom stereocenters. The number of hydrogen-bond donors (Lipinski definition) is 2. The van der Waals surface area contributed by atoms with E-state index >= 15 is 0 Å². The zero-order chi connectivity index (χ0) is 29.4. The van der Waals surface area contributed by atoms with Gasteiger partial charge in [-0.25, -0.2) is 9.59 Å². The highest BCUT2D eigenvalue weighted by molar-refractivity contribution is 6.35. The smallest absolute Gasteiger partial charge is 0.408 e. The van der Waals surface area contributed by atoms with Gasteiger partial charge in [0.05, 0.1) is 6.61 Å². The van der Waals surface area contributed by atoms with Crippen LogP contribution in [0.5, 0.6) is 0 Å². The van der Waals surface area contributed by atoms with Gasteiger partial charge in [0, 0.05) is 60.6 Å². The molecule has 1 heterocycles. The molecular weight excluding hydrogens is 555 g/mol. The maximum atomic E-state index is 13.7. The molecule has 2 fully saturated rings. The molecule has 40 heavy (non-hydrogen) atoms. The van der Waals surface area contributed by atoms with Crippen molar-refractivity contribution < 1.29 is 23.9 Å². The molecule has 3 rings (SSSR count). The lowest BCUT2D eigenvalue weighted by molar-refractivity contribution is -0.136. The summed E-state index contributed by atoms with van der Waals surface area (Å²) in [5.74, 6) is 0.0907. The van der Waals surface area contributed by atoms with Crippen LogP contribution in [0.2, 0.25) is 10.0 Å². The molecule has 2 N–H and O–H groups in total. The van der Waals surface area contributed by atoms with Crippen LogP contribution in [-0.4, -0.2) is 84.4 Å². The Bertz CT molecular complexity index is 1020. The lowest BCUT2D eigenvalue weighted by Crippen LogP contribution is -2.58. The molecule has 1 aromatic rings. The van der Waals surface area contributed by atoms with Crippen LogP contribution in [0.3, 0.4) is 0 Å². The van der Waals surface area contributed by atoms with Crippen molar-refractivity contribution in [2.24, 2.45) is 5.92 Å². The Balaban J connectivity index is 1.64. The fraction of sp³-hybridized carbons (Fsp3) is 0.690. The van der Waals surface area contributed by atoms with Gasteiger partial charge in [0.2, 0.25) is 5.91 Å². The number of carbonyl (C=O) groups excluding carboxylic acids is 3. The van der Waals surface area contributed by atoms with E-state index < -0.39 is 17.7 Å². The number of ether oxygens (including phenoxy) is 2. The number of rotatable bonds is 8. The first-order valence-electron chi connectivity index (χ1n) is 14.2. The number of nitrogens with one attached hydrogen (secondary N) is 2. The van der Waals surface area contributed by atoms with E-state index in [2.05, 4.69) is 15.5 Å². The predicted octanol–water partition coefficient (Wildman–Crippen LogP) is 5.27. The molecule has 2 aliphatic rings. The Morgan fingerprint density at radius 1 is 1.00 bits per heavy atom. The predicted molar refractivity (Wildman–Crippen MR) is 157 cm³/mol. The minimum Gasteiger partial charge on any atom is -0.449 e. The van der Waals surface area contributed by atoms with E-state index in [1.165, 1.54) is 0 Å². The van der Waals surface area contributed by atoms with E-state index in [-0.39, 0.29) is 30.4 Å². The third kappa shape index (κ3) is 10.00. The molecule has 1 saturated heterocycles. The molecule has 1 saturated carbocycles. The maximum Gasteiger partial charge on any atom is 0.408 e. The van der Waals surface area contributed by atoms with E-state index in [1.54, 1.807) is 43.9 Å².